The number of carbonyl (C=O) groups excluding carboxylic acids is 1. The van der Waals surface area contributed by atoms with Crippen molar-refractivity contribution in [3.05, 3.63) is 53.4 Å². The first kappa shape index (κ1) is 24.7. The number of rotatable bonds is 7. The van der Waals surface area contributed by atoms with Crippen molar-refractivity contribution >= 4 is 40.0 Å². The number of amides is 1. The van der Waals surface area contributed by atoms with Crippen molar-refractivity contribution in [2.45, 2.75) is 59.7 Å². The van der Waals surface area contributed by atoms with Crippen molar-refractivity contribution in [1.82, 2.24) is 24.8 Å². The lowest BCUT2D eigenvalue weighted by Crippen LogP contribution is -2.31. The third-order valence-corrected chi connectivity index (χ3v) is 6.71. The highest BCUT2D eigenvalue weighted by Crippen LogP contribution is 2.32. The summed E-state index contributed by atoms with van der Waals surface area (Å²) < 4.78 is 7.43. The average Bonchev–Trinajstić information content (AvgIpc) is 3.47. The van der Waals surface area contributed by atoms with Crippen molar-refractivity contribution in [1.29, 1.82) is 0 Å². The molecule has 8 nitrogen and oxygen atoms in total. The highest BCUT2D eigenvalue weighted by Gasteiger charge is 2.17. The van der Waals surface area contributed by atoms with Gasteiger partial charge in [-0.1, -0.05) is 6.92 Å². The van der Waals surface area contributed by atoms with Crippen LogP contribution in [0, 0.1) is 0 Å². The summed E-state index contributed by atoms with van der Waals surface area (Å²) >= 11 is 1.61. The minimum atomic E-state index is -0.515. The number of aromatic nitrogens is 4. The summed E-state index contributed by atoms with van der Waals surface area (Å²) in [6.45, 7) is 11.1. The average molecular weight is 493 g/mol. The summed E-state index contributed by atoms with van der Waals surface area (Å²) in [5.41, 5.74) is 4.57. The molecule has 0 aliphatic carbocycles. The van der Waals surface area contributed by atoms with Gasteiger partial charge in [-0.15, -0.1) is 11.3 Å². The topological polar surface area (TPSA) is 85.2 Å². The fraction of sp³-hybridized carbons (Fsp3) is 0.385. The van der Waals surface area contributed by atoms with Crippen LogP contribution in [0.1, 0.15) is 45.1 Å². The van der Waals surface area contributed by atoms with Crippen LogP contribution in [0.3, 0.4) is 0 Å². The molecule has 0 atom stereocenters. The van der Waals surface area contributed by atoms with Gasteiger partial charge in [0.2, 0.25) is 0 Å². The van der Waals surface area contributed by atoms with E-state index in [4.69, 9.17) is 9.72 Å². The molecule has 4 aromatic heterocycles. The fourth-order valence-corrected chi connectivity index (χ4v) is 4.72. The summed E-state index contributed by atoms with van der Waals surface area (Å²) in [6.07, 6.45) is 6.03. The second-order valence-electron chi connectivity index (χ2n) is 9.29. The van der Waals surface area contributed by atoms with Gasteiger partial charge in [0, 0.05) is 24.5 Å². The Morgan fingerprint density at radius 3 is 2.66 bits per heavy atom. The molecular weight excluding hydrogens is 460 g/mol. The minimum Gasteiger partial charge on any atom is -0.444 e. The molecule has 4 rings (SSSR count). The first-order valence-corrected chi connectivity index (χ1v) is 12.6. The van der Waals surface area contributed by atoms with Crippen molar-refractivity contribution in [2.24, 2.45) is 0 Å². The molecule has 0 saturated heterocycles. The van der Waals surface area contributed by atoms with Crippen molar-refractivity contribution in [3.8, 4) is 10.6 Å². The van der Waals surface area contributed by atoms with Crippen LogP contribution in [0.25, 0.3) is 21.6 Å². The van der Waals surface area contributed by atoms with Crippen LogP contribution in [0.15, 0.2) is 43.0 Å². The van der Waals surface area contributed by atoms with Gasteiger partial charge < -0.3 is 19.5 Å². The predicted octanol–water partition coefficient (Wildman–Crippen LogP) is 5.93. The Morgan fingerprint density at radius 2 is 1.94 bits per heavy atom. The summed E-state index contributed by atoms with van der Waals surface area (Å²) in [6, 6.07) is 8.27. The van der Waals surface area contributed by atoms with Crippen LogP contribution >= 0.6 is 11.3 Å². The number of nitrogens with one attached hydrogen (secondary N) is 1. The SMILES string of the molecule is CCc1cc(-c2ccc(CNC(=O)OC(C)(C)C)s2)ncc1N(C)c1cc2c(cn1)ncn2CC. The summed E-state index contributed by atoms with van der Waals surface area (Å²) in [5, 5.41) is 2.81. The highest BCUT2D eigenvalue weighted by molar-refractivity contribution is 7.15. The monoisotopic (exact) mass is 492 g/mol. The van der Waals surface area contributed by atoms with Gasteiger partial charge in [-0.2, -0.15) is 0 Å². The number of imidazole rings is 1. The molecular formula is C26H32N6O2S. The van der Waals surface area contributed by atoms with Crippen LogP contribution in [0.2, 0.25) is 0 Å². The van der Waals surface area contributed by atoms with E-state index in [1.54, 1.807) is 11.3 Å². The molecule has 0 spiro atoms. The van der Waals surface area contributed by atoms with Crippen molar-refractivity contribution in [3.63, 3.8) is 0 Å². The van der Waals surface area contributed by atoms with E-state index in [1.807, 2.05) is 58.7 Å². The van der Waals surface area contributed by atoms with E-state index in [0.29, 0.717) is 6.54 Å². The van der Waals surface area contributed by atoms with Crippen LogP contribution in [0.4, 0.5) is 16.3 Å². The lowest BCUT2D eigenvalue weighted by molar-refractivity contribution is 0.0524. The van der Waals surface area contributed by atoms with Gasteiger partial charge in [0.1, 0.15) is 16.9 Å². The molecule has 4 heterocycles. The second-order valence-corrected chi connectivity index (χ2v) is 10.5. The molecule has 0 aliphatic rings. The van der Waals surface area contributed by atoms with Crippen molar-refractivity contribution in [2.75, 3.05) is 11.9 Å². The smallest absolute Gasteiger partial charge is 0.407 e. The quantitative estimate of drug-likeness (QED) is 0.344. The number of carbonyl (C=O) groups is 1. The maximum Gasteiger partial charge on any atom is 0.407 e. The molecule has 0 aliphatic heterocycles. The van der Waals surface area contributed by atoms with Crippen molar-refractivity contribution < 1.29 is 9.53 Å². The molecule has 0 radical (unpaired) electrons. The van der Waals surface area contributed by atoms with E-state index in [1.165, 1.54) is 5.56 Å². The van der Waals surface area contributed by atoms with Crippen LogP contribution < -0.4 is 10.2 Å². The van der Waals surface area contributed by atoms with Crippen LogP contribution in [-0.4, -0.2) is 38.3 Å². The van der Waals surface area contributed by atoms with Gasteiger partial charge >= 0.3 is 6.09 Å². The van der Waals surface area contributed by atoms with Crippen LogP contribution in [0.5, 0.6) is 0 Å². The van der Waals surface area contributed by atoms with E-state index in [9.17, 15) is 4.79 Å². The number of fused-ring (bicyclic) bond motifs is 1. The fourth-order valence-electron chi connectivity index (χ4n) is 3.80. The number of anilines is 2. The Balaban J connectivity index is 1.52. The number of ether oxygens (including phenoxy) is 1. The molecule has 184 valence electrons. The summed E-state index contributed by atoms with van der Waals surface area (Å²) in [4.78, 5) is 29.9. The summed E-state index contributed by atoms with van der Waals surface area (Å²) in [5.74, 6) is 0.851. The van der Waals surface area contributed by atoms with Gasteiger partial charge in [0.25, 0.3) is 0 Å². The Kier molecular flexibility index (Phi) is 7.07. The Labute approximate surface area is 210 Å². The normalized spacial score (nSPS) is 11.6. The molecule has 1 N–H and O–H groups in total. The number of aryl methyl sites for hydroxylation is 2. The molecule has 0 saturated carbocycles. The predicted molar refractivity (Wildman–Crippen MR) is 141 cm³/mol. The molecule has 9 heteroatoms. The van der Waals surface area contributed by atoms with Gasteiger partial charge in [-0.05, 0) is 57.9 Å². The van der Waals surface area contributed by atoms with E-state index in [0.717, 1.165) is 51.0 Å². The van der Waals surface area contributed by atoms with Gasteiger partial charge in [-0.25, -0.2) is 14.8 Å². The lowest BCUT2D eigenvalue weighted by Gasteiger charge is -2.21. The zero-order valence-electron chi connectivity index (χ0n) is 21.1. The number of alkyl carbamates (subject to hydrolysis) is 1. The number of hydrogen-bond acceptors (Lipinski definition) is 7. The molecule has 1 amide bonds. The maximum atomic E-state index is 11.9. The first-order valence-electron chi connectivity index (χ1n) is 11.8. The van der Waals surface area contributed by atoms with Gasteiger partial charge in [0.15, 0.2) is 0 Å². The molecule has 4 aromatic rings. The third-order valence-electron chi connectivity index (χ3n) is 5.61. The number of hydrogen-bond donors (Lipinski definition) is 1. The largest absolute Gasteiger partial charge is 0.444 e. The third kappa shape index (κ3) is 5.62. The lowest BCUT2D eigenvalue weighted by atomic mass is 10.1. The Hall–Kier alpha value is -3.46. The molecule has 0 aromatic carbocycles. The molecule has 35 heavy (non-hydrogen) atoms. The van der Waals surface area contributed by atoms with Gasteiger partial charge in [-0.3, -0.25) is 4.98 Å². The number of pyridine rings is 2. The zero-order chi connectivity index (χ0) is 25.2. The summed E-state index contributed by atoms with van der Waals surface area (Å²) in [7, 11) is 2.02. The second kappa shape index (κ2) is 10.0. The standard InChI is InChI=1S/C26H32N6O2S/c1-7-17-11-19(23-10-9-18(35-23)13-29-25(33)34-26(3,4)5)27-15-22(17)31(6)24-12-21-20(14-28-24)30-16-32(21)8-2/h9-12,14-16H,7-8,13H2,1-6H3,(H,29,33). The maximum absolute atomic E-state index is 11.9. The van der Waals surface area contributed by atoms with E-state index in [-0.39, 0.29) is 0 Å². The first-order chi connectivity index (χ1) is 16.7. The van der Waals surface area contributed by atoms with Gasteiger partial charge in [0.05, 0.1) is 47.0 Å². The molecule has 0 fully saturated rings. The van der Waals surface area contributed by atoms with E-state index >= 15 is 0 Å². The molecule has 0 unspecified atom stereocenters. The minimum absolute atomic E-state index is 0.417. The Bertz CT molecular complexity index is 1340. The number of thiophene rings is 1. The Morgan fingerprint density at radius 1 is 1.14 bits per heavy atom. The zero-order valence-corrected chi connectivity index (χ0v) is 21.9. The van der Waals surface area contributed by atoms with E-state index < -0.39 is 11.7 Å². The van der Waals surface area contributed by atoms with E-state index in [2.05, 4.69) is 50.7 Å². The highest BCUT2D eigenvalue weighted by atomic mass is 32.1. The number of nitrogens with zero attached hydrogens (tertiary/aromatic N) is 5. The van der Waals surface area contributed by atoms with Crippen LogP contribution in [-0.2, 0) is 24.2 Å². The molecule has 0 bridgehead atoms.